The second kappa shape index (κ2) is 10.9. The number of nitrogens with zero attached hydrogens (tertiary/aromatic N) is 1. The topological polar surface area (TPSA) is 87.7 Å². The highest BCUT2D eigenvalue weighted by Gasteiger charge is 2.25. The lowest BCUT2D eigenvalue weighted by Crippen LogP contribution is -2.43. The van der Waals surface area contributed by atoms with E-state index in [-0.39, 0.29) is 29.0 Å². The molecule has 31 heavy (non-hydrogen) atoms. The number of carbonyl (C=O) groups excluding carboxylic acids is 1. The number of hydrogen-bond acceptors (Lipinski definition) is 5. The zero-order chi connectivity index (χ0) is 22.3. The van der Waals surface area contributed by atoms with Gasteiger partial charge in [0.25, 0.3) is 5.91 Å². The van der Waals surface area contributed by atoms with Crippen LogP contribution in [-0.4, -0.2) is 58.6 Å². The fraction of sp³-hybridized carbons (Fsp3) is 0.318. The number of ether oxygens (including phenoxy) is 1. The van der Waals surface area contributed by atoms with E-state index in [9.17, 15) is 13.2 Å². The number of halogens is 1. The Morgan fingerprint density at radius 3 is 2.65 bits per heavy atom. The summed E-state index contributed by atoms with van der Waals surface area (Å²) in [5, 5.41) is 3.24. The molecule has 1 saturated heterocycles. The normalized spacial score (nSPS) is 15.9. The summed E-state index contributed by atoms with van der Waals surface area (Å²) in [6.07, 6.45) is 1.56. The van der Waals surface area contributed by atoms with E-state index in [4.69, 9.17) is 16.3 Å². The van der Waals surface area contributed by atoms with Gasteiger partial charge in [0.15, 0.2) is 0 Å². The molecule has 1 unspecified atom stereocenters. The van der Waals surface area contributed by atoms with Crippen LogP contribution in [-0.2, 0) is 14.8 Å². The molecule has 0 saturated carbocycles. The Hall–Kier alpha value is -2.23. The molecule has 0 aliphatic carbocycles. The van der Waals surface area contributed by atoms with E-state index in [0.29, 0.717) is 37.9 Å². The average Bonchev–Trinajstić information content (AvgIpc) is 2.78. The number of carbonyl (C=O) groups is 1. The molecule has 0 spiro atoms. The summed E-state index contributed by atoms with van der Waals surface area (Å²) < 4.78 is 34.1. The van der Waals surface area contributed by atoms with Crippen LogP contribution >= 0.6 is 11.6 Å². The van der Waals surface area contributed by atoms with E-state index in [2.05, 4.69) is 21.5 Å². The minimum Gasteiger partial charge on any atom is -0.379 e. The third kappa shape index (κ3) is 6.38. The molecule has 0 bridgehead atoms. The van der Waals surface area contributed by atoms with Gasteiger partial charge < -0.3 is 10.1 Å². The Bertz CT molecular complexity index is 1020. The maximum absolute atomic E-state index is 13.0. The number of morpholine rings is 1. The van der Waals surface area contributed by atoms with Gasteiger partial charge in [-0.05, 0) is 35.9 Å². The molecular weight excluding hydrogens is 438 g/mol. The lowest BCUT2D eigenvalue weighted by molar-refractivity contribution is 0.0172. The third-order valence-electron chi connectivity index (χ3n) is 5.00. The average molecular weight is 464 g/mol. The van der Waals surface area contributed by atoms with Crippen LogP contribution in [0.15, 0.2) is 66.1 Å². The van der Waals surface area contributed by atoms with Crippen LogP contribution in [0, 0.1) is 0 Å². The van der Waals surface area contributed by atoms with Crippen LogP contribution in [0.1, 0.15) is 22.0 Å². The van der Waals surface area contributed by atoms with Crippen molar-refractivity contribution in [3.05, 3.63) is 77.3 Å². The summed E-state index contributed by atoms with van der Waals surface area (Å²) >= 11 is 6.17. The molecule has 1 aliphatic heterocycles. The van der Waals surface area contributed by atoms with E-state index in [1.54, 1.807) is 24.3 Å². The van der Waals surface area contributed by atoms with Gasteiger partial charge in [-0.15, -0.1) is 6.58 Å². The second-order valence-electron chi connectivity index (χ2n) is 7.10. The van der Waals surface area contributed by atoms with Gasteiger partial charge in [-0.25, -0.2) is 13.1 Å². The van der Waals surface area contributed by atoms with E-state index < -0.39 is 10.0 Å². The second-order valence-corrected chi connectivity index (χ2v) is 9.30. The molecule has 9 heteroatoms. The number of amides is 1. The number of rotatable bonds is 9. The Kier molecular flexibility index (Phi) is 8.22. The molecule has 3 rings (SSSR count). The Morgan fingerprint density at radius 2 is 1.94 bits per heavy atom. The van der Waals surface area contributed by atoms with Gasteiger partial charge >= 0.3 is 0 Å². The molecule has 0 aromatic heterocycles. The molecule has 0 radical (unpaired) electrons. The van der Waals surface area contributed by atoms with E-state index >= 15 is 0 Å². The monoisotopic (exact) mass is 463 g/mol. The summed E-state index contributed by atoms with van der Waals surface area (Å²) in [5.41, 5.74) is 1.19. The van der Waals surface area contributed by atoms with Crippen molar-refractivity contribution in [2.45, 2.75) is 10.9 Å². The number of sulfonamides is 1. The highest BCUT2D eigenvalue weighted by Crippen LogP contribution is 2.24. The zero-order valence-electron chi connectivity index (χ0n) is 17.1. The first kappa shape index (κ1) is 23.4. The molecule has 1 amide bonds. The van der Waals surface area contributed by atoms with Gasteiger partial charge in [-0.2, -0.15) is 0 Å². The van der Waals surface area contributed by atoms with Crippen molar-refractivity contribution >= 4 is 27.5 Å². The van der Waals surface area contributed by atoms with Crippen molar-refractivity contribution in [1.82, 2.24) is 14.9 Å². The number of hydrogen-bond donors (Lipinski definition) is 2. The van der Waals surface area contributed by atoms with Crippen molar-refractivity contribution in [3.8, 4) is 0 Å². The highest BCUT2D eigenvalue weighted by atomic mass is 35.5. The van der Waals surface area contributed by atoms with Crippen LogP contribution in [0.4, 0.5) is 0 Å². The zero-order valence-corrected chi connectivity index (χ0v) is 18.7. The summed E-state index contributed by atoms with van der Waals surface area (Å²) in [5.74, 6) is -0.359. The smallest absolute Gasteiger partial charge is 0.251 e. The molecule has 1 fully saturated rings. The van der Waals surface area contributed by atoms with Crippen LogP contribution in [0.5, 0.6) is 0 Å². The Morgan fingerprint density at radius 1 is 1.19 bits per heavy atom. The summed E-state index contributed by atoms with van der Waals surface area (Å²) in [4.78, 5) is 14.4. The van der Waals surface area contributed by atoms with Crippen molar-refractivity contribution < 1.29 is 17.9 Å². The SMILES string of the molecule is C=CCNC(=O)c1cccc(S(=O)(=O)NCC(c2cccc(Cl)c2)N2CCOCC2)c1. The van der Waals surface area contributed by atoms with Crippen LogP contribution in [0.3, 0.4) is 0 Å². The molecule has 2 aromatic carbocycles. The molecule has 7 nitrogen and oxygen atoms in total. The van der Waals surface area contributed by atoms with Gasteiger partial charge in [0.05, 0.1) is 18.1 Å². The summed E-state index contributed by atoms with van der Waals surface area (Å²) in [7, 11) is -3.83. The van der Waals surface area contributed by atoms with Crippen molar-refractivity contribution in [2.75, 3.05) is 39.4 Å². The summed E-state index contributed by atoms with van der Waals surface area (Å²) in [6, 6.07) is 13.2. The lowest BCUT2D eigenvalue weighted by atomic mass is 10.1. The Balaban J connectivity index is 1.78. The van der Waals surface area contributed by atoms with Gasteiger partial charge in [-0.1, -0.05) is 35.9 Å². The molecular formula is C22H26ClN3O4S. The molecule has 1 heterocycles. The molecule has 1 aliphatic rings. The van der Waals surface area contributed by atoms with E-state index in [0.717, 1.165) is 5.56 Å². The van der Waals surface area contributed by atoms with Crippen LogP contribution in [0.25, 0.3) is 0 Å². The Labute approximate surface area is 188 Å². The minimum absolute atomic E-state index is 0.0329. The van der Waals surface area contributed by atoms with Crippen molar-refractivity contribution in [2.24, 2.45) is 0 Å². The van der Waals surface area contributed by atoms with E-state index in [1.807, 2.05) is 18.2 Å². The first-order valence-corrected chi connectivity index (χ1v) is 11.8. The quantitative estimate of drug-likeness (QED) is 0.558. The summed E-state index contributed by atoms with van der Waals surface area (Å²) in [6.45, 7) is 6.58. The fourth-order valence-corrected chi connectivity index (χ4v) is 4.69. The highest BCUT2D eigenvalue weighted by molar-refractivity contribution is 7.89. The molecule has 2 N–H and O–H groups in total. The standard InChI is InChI=1S/C22H26ClN3O4S/c1-2-9-24-22(27)18-6-4-8-20(15-18)31(28,29)25-16-21(26-10-12-30-13-11-26)17-5-3-7-19(23)14-17/h2-8,14-15,21,25H,1,9-13,16H2,(H,24,27). The molecule has 1 atom stereocenters. The largest absolute Gasteiger partial charge is 0.379 e. The van der Waals surface area contributed by atoms with Crippen molar-refractivity contribution in [3.63, 3.8) is 0 Å². The predicted molar refractivity (Wildman–Crippen MR) is 121 cm³/mol. The van der Waals surface area contributed by atoms with Gasteiger partial charge in [-0.3, -0.25) is 9.69 Å². The van der Waals surface area contributed by atoms with E-state index in [1.165, 1.54) is 12.1 Å². The van der Waals surface area contributed by atoms with Gasteiger partial charge in [0.2, 0.25) is 10.0 Å². The van der Waals surface area contributed by atoms with Gasteiger partial charge in [0.1, 0.15) is 0 Å². The molecule has 166 valence electrons. The lowest BCUT2D eigenvalue weighted by Gasteiger charge is -2.35. The maximum atomic E-state index is 13.0. The van der Waals surface area contributed by atoms with Crippen LogP contribution in [0.2, 0.25) is 5.02 Å². The van der Waals surface area contributed by atoms with Crippen LogP contribution < -0.4 is 10.0 Å². The number of nitrogens with one attached hydrogen (secondary N) is 2. The van der Waals surface area contributed by atoms with Gasteiger partial charge in [0, 0.05) is 42.8 Å². The predicted octanol–water partition coefficient (Wildman–Crippen LogP) is 2.61. The maximum Gasteiger partial charge on any atom is 0.251 e. The minimum atomic E-state index is -3.83. The number of benzene rings is 2. The first-order chi connectivity index (χ1) is 14.9. The van der Waals surface area contributed by atoms with Crippen molar-refractivity contribution in [1.29, 1.82) is 0 Å². The molecule has 2 aromatic rings. The first-order valence-electron chi connectivity index (χ1n) is 9.97. The third-order valence-corrected chi connectivity index (χ3v) is 6.66. The fourth-order valence-electron chi connectivity index (χ4n) is 3.40.